The number of sulfone groups is 1. The number of allylic oxidation sites excluding steroid dienone is 1. The zero-order chi connectivity index (χ0) is 19.6. The molecule has 0 unspecified atom stereocenters. The number of alkyl halides is 2. The SMILES string of the molecule is CS(=O)(=O)c1ccc(/C(=C\[C@H]2C[C@@H](F)[C@@H](F)C2)C(=O)Nc2ncns2)cc1. The summed E-state index contributed by atoms with van der Waals surface area (Å²) in [7, 11) is -3.38. The summed E-state index contributed by atoms with van der Waals surface area (Å²) in [6.45, 7) is 0. The number of hydrogen-bond acceptors (Lipinski definition) is 6. The second kappa shape index (κ2) is 7.81. The van der Waals surface area contributed by atoms with E-state index in [1.54, 1.807) is 0 Å². The molecule has 1 amide bonds. The molecule has 3 rings (SSSR count). The highest BCUT2D eigenvalue weighted by Gasteiger charge is 2.34. The molecule has 1 heterocycles. The van der Waals surface area contributed by atoms with E-state index in [0.29, 0.717) is 5.56 Å². The van der Waals surface area contributed by atoms with Crippen LogP contribution >= 0.6 is 11.5 Å². The lowest BCUT2D eigenvalue weighted by Gasteiger charge is -2.11. The van der Waals surface area contributed by atoms with Crippen LogP contribution < -0.4 is 5.32 Å². The number of carbonyl (C=O) groups excluding carboxylic acids is 1. The van der Waals surface area contributed by atoms with Crippen LogP contribution in [0.1, 0.15) is 18.4 Å². The number of carbonyl (C=O) groups is 1. The number of hydrogen-bond donors (Lipinski definition) is 1. The Labute approximate surface area is 159 Å². The molecule has 2 aromatic rings. The van der Waals surface area contributed by atoms with Crippen molar-refractivity contribution in [3.8, 4) is 0 Å². The Kier molecular flexibility index (Phi) is 5.66. The summed E-state index contributed by atoms with van der Waals surface area (Å²) in [6.07, 6.45) is 0.817. The summed E-state index contributed by atoms with van der Waals surface area (Å²) in [6, 6.07) is 5.77. The third kappa shape index (κ3) is 4.75. The van der Waals surface area contributed by atoms with Gasteiger partial charge in [0.1, 0.15) is 18.7 Å². The Morgan fingerprint density at radius 1 is 1.22 bits per heavy atom. The first kappa shape index (κ1) is 19.6. The number of benzene rings is 1. The van der Waals surface area contributed by atoms with E-state index >= 15 is 0 Å². The molecule has 1 fully saturated rings. The molecule has 144 valence electrons. The van der Waals surface area contributed by atoms with Crippen molar-refractivity contribution in [1.82, 2.24) is 9.36 Å². The fraction of sp³-hybridized carbons (Fsp3) is 0.353. The van der Waals surface area contributed by atoms with Crippen molar-refractivity contribution in [1.29, 1.82) is 0 Å². The largest absolute Gasteiger partial charge is 0.297 e. The van der Waals surface area contributed by atoms with E-state index in [4.69, 9.17) is 0 Å². The van der Waals surface area contributed by atoms with E-state index in [9.17, 15) is 22.0 Å². The molecule has 0 aliphatic heterocycles. The standard InChI is InChI=1S/C17H17F2N3O3S2/c1-27(24,25)12-4-2-11(3-5-12)13(6-10-7-14(18)15(19)8-10)16(23)22-17-20-9-21-26-17/h2-6,9-10,14-15H,7-8H2,1H3,(H,20,21,22,23)/b13-6+/t10-,14+,15-. The van der Waals surface area contributed by atoms with Gasteiger partial charge in [-0.2, -0.15) is 4.37 Å². The lowest BCUT2D eigenvalue weighted by atomic mass is 9.98. The lowest BCUT2D eigenvalue weighted by Crippen LogP contribution is -2.14. The van der Waals surface area contributed by atoms with Crippen LogP contribution in [0, 0.1) is 5.92 Å². The van der Waals surface area contributed by atoms with Gasteiger partial charge in [-0.05, 0) is 36.5 Å². The van der Waals surface area contributed by atoms with Crippen molar-refractivity contribution in [3.63, 3.8) is 0 Å². The fourth-order valence-corrected chi connectivity index (χ4v) is 3.98. The molecule has 0 saturated heterocycles. The van der Waals surface area contributed by atoms with Gasteiger partial charge in [-0.25, -0.2) is 22.2 Å². The Balaban J connectivity index is 1.93. The Morgan fingerprint density at radius 3 is 2.37 bits per heavy atom. The van der Waals surface area contributed by atoms with Crippen LogP contribution in [-0.4, -0.2) is 42.3 Å². The normalized spacial score (nSPS) is 23.4. The monoisotopic (exact) mass is 413 g/mol. The molecule has 1 aliphatic carbocycles. The number of rotatable bonds is 5. The van der Waals surface area contributed by atoms with E-state index in [2.05, 4.69) is 14.7 Å². The maximum Gasteiger partial charge on any atom is 0.257 e. The first-order valence-corrected chi connectivity index (χ1v) is 10.8. The number of nitrogens with zero attached hydrogens (tertiary/aromatic N) is 2. The molecule has 6 nitrogen and oxygen atoms in total. The van der Waals surface area contributed by atoms with Gasteiger partial charge >= 0.3 is 0 Å². The van der Waals surface area contributed by atoms with Gasteiger partial charge in [0.2, 0.25) is 5.13 Å². The van der Waals surface area contributed by atoms with Crippen molar-refractivity contribution in [2.24, 2.45) is 5.92 Å². The summed E-state index contributed by atoms with van der Waals surface area (Å²) in [4.78, 5) is 16.7. The van der Waals surface area contributed by atoms with Crippen molar-refractivity contribution in [2.75, 3.05) is 11.6 Å². The molecule has 0 spiro atoms. The van der Waals surface area contributed by atoms with Gasteiger partial charge < -0.3 is 0 Å². The topological polar surface area (TPSA) is 89.0 Å². The van der Waals surface area contributed by atoms with Crippen LogP contribution in [0.4, 0.5) is 13.9 Å². The second-order valence-electron chi connectivity index (χ2n) is 6.34. The van der Waals surface area contributed by atoms with Gasteiger partial charge in [0.05, 0.1) is 4.90 Å². The van der Waals surface area contributed by atoms with Crippen molar-refractivity contribution in [3.05, 3.63) is 42.2 Å². The summed E-state index contributed by atoms with van der Waals surface area (Å²) in [5.74, 6) is -0.934. The molecule has 1 aromatic heterocycles. The molecule has 1 N–H and O–H groups in total. The Morgan fingerprint density at radius 2 is 1.85 bits per heavy atom. The van der Waals surface area contributed by atoms with Gasteiger partial charge in [-0.15, -0.1) is 0 Å². The maximum atomic E-state index is 13.5. The number of aromatic nitrogens is 2. The molecular weight excluding hydrogens is 396 g/mol. The molecule has 10 heteroatoms. The predicted octanol–water partition coefficient (Wildman–Crippen LogP) is 3.05. The zero-order valence-electron chi connectivity index (χ0n) is 14.3. The van der Waals surface area contributed by atoms with Gasteiger partial charge in [0, 0.05) is 23.4 Å². The van der Waals surface area contributed by atoms with Gasteiger partial charge in [0.25, 0.3) is 5.91 Å². The highest BCUT2D eigenvalue weighted by atomic mass is 32.2. The van der Waals surface area contributed by atoms with Crippen LogP contribution in [0.3, 0.4) is 0 Å². The summed E-state index contributed by atoms with van der Waals surface area (Å²) in [5, 5.41) is 2.88. The molecule has 1 saturated carbocycles. The zero-order valence-corrected chi connectivity index (χ0v) is 15.9. The molecule has 3 atom stereocenters. The Bertz CT molecular complexity index is 934. The van der Waals surface area contributed by atoms with E-state index in [1.165, 1.54) is 36.7 Å². The van der Waals surface area contributed by atoms with E-state index in [1.807, 2.05) is 0 Å². The average molecular weight is 413 g/mol. The number of anilines is 1. The van der Waals surface area contributed by atoms with Crippen molar-refractivity contribution in [2.45, 2.75) is 30.1 Å². The number of nitrogens with one attached hydrogen (secondary N) is 1. The van der Waals surface area contributed by atoms with Crippen LogP contribution in [-0.2, 0) is 14.6 Å². The van der Waals surface area contributed by atoms with Gasteiger partial charge in [-0.1, -0.05) is 18.2 Å². The van der Waals surface area contributed by atoms with E-state index < -0.39 is 34.0 Å². The number of amides is 1. The van der Waals surface area contributed by atoms with Crippen LogP contribution in [0.25, 0.3) is 5.57 Å². The molecule has 0 radical (unpaired) electrons. The third-order valence-electron chi connectivity index (χ3n) is 4.27. The summed E-state index contributed by atoms with van der Waals surface area (Å²) < 4.78 is 54.1. The molecule has 1 aliphatic rings. The average Bonchev–Trinajstić information content (AvgIpc) is 3.22. The highest BCUT2D eigenvalue weighted by molar-refractivity contribution is 7.90. The van der Waals surface area contributed by atoms with Crippen LogP contribution in [0.2, 0.25) is 0 Å². The van der Waals surface area contributed by atoms with E-state index in [0.717, 1.165) is 17.8 Å². The van der Waals surface area contributed by atoms with Gasteiger partial charge in [0.15, 0.2) is 9.84 Å². The number of halogens is 2. The third-order valence-corrected chi connectivity index (χ3v) is 5.98. The lowest BCUT2D eigenvalue weighted by molar-refractivity contribution is -0.111. The smallest absolute Gasteiger partial charge is 0.257 e. The summed E-state index contributed by atoms with van der Waals surface area (Å²) >= 11 is 0.994. The second-order valence-corrected chi connectivity index (χ2v) is 9.14. The predicted molar refractivity (Wildman–Crippen MR) is 98.6 cm³/mol. The minimum atomic E-state index is -3.38. The van der Waals surface area contributed by atoms with Crippen LogP contribution in [0.5, 0.6) is 0 Å². The minimum Gasteiger partial charge on any atom is -0.297 e. The Hall–Kier alpha value is -2.20. The van der Waals surface area contributed by atoms with Crippen LogP contribution in [0.15, 0.2) is 41.6 Å². The van der Waals surface area contributed by atoms with E-state index in [-0.39, 0.29) is 28.4 Å². The maximum absolute atomic E-state index is 13.5. The molecule has 0 bridgehead atoms. The van der Waals surface area contributed by atoms with Crippen molar-refractivity contribution >= 4 is 38.0 Å². The fourth-order valence-electron chi connectivity index (χ4n) is 2.92. The highest BCUT2D eigenvalue weighted by Crippen LogP contribution is 2.34. The molecule has 1 aromatic carbocycles. The minimum absolute atomic E-state index is 0.00181. The summed E-state index contributed by atoms with van der Waals surface area (Å²) in [5.41, 5.74) is 0.652. The molecular formula is C17H17F2N3O3S2. The first-order chi connectivity index (χ1) is 12.7. The quantitative estimate of drug-likeness (QED) is 0.761. The first-order valence-electron chi connectivity index (χ1n) is 8.12. The molecule has 27 heavy (non-hydrogen) atoms. The van der Waals surface area contributed by atoms with Crippen molar-refractivity contribution < 1.29 is 22.0 Å². The van der Waals surface area contributed by atoms with Gasteiger partial charge in [-0.3, -0.25) is 10.1 Å².